The van der Waals surface area contributed by atoms with Crippen molar-refractivity contribution in [2.75, 3.05) is 5.32 Å². The van der Waals surface area contributed by atoms with Crippen LogP contribution in [-0.4, -0.2) is 32.3 Å². The van der Waals surface area contributed by atoms with Gasteiger partial charge in [-0.3, -0.25) is 5.32 Å². The Balaban J connectivity index is 0.00000154. The van der Waals surface area contributed by atoms with Gasteiger partial charge in [-0.2, -0.15) is 0 Å². The lowest BCUT2D eigenvalue weighted by atomic mass is 10.2. The standard InChI is InChI=1S/C10H15N3O4.C2H6/c1-10(2,3)17-9(16)12-6-5-13(4)7(11-6)8(14)15;1-2/h5H,1-4H3,(H,12,16)(H,14,15);1-2H3. The number of carbonyl (C=O) groups excluding carboxylic acids is 1. The first kappa shape index (κ1) is 16.9. The number of imidazole rings is 1. The molecular formula is C12H21N3O4. The molecular weight excluding hydrogens is 250 g/mol. The highest BCUT2D eigenvalue weighted by Crippen LogP contribution is 2.11. The molecule has 1 rings (SSSR count). The van der Waals surface area contributed by atoms with Gasteiger partial charge in [0.05, 0.1) is 0 Å². The van der Waals surface area contributed by atoms with Gasteiger partial charge in [-0.15, -0.1) is 0 Å². The Morgan fingerprint density at radius 3 is 2.26 bits per heavy atom. The molecule has 1 aromatic rings. The fraction of sp³-hybridized carbons (Fsp3) is 0.583. The molecule has 1 heterocycles. The molecule has 0 saturated heterocycles. The molecule has 19 heavy (non-hydrogen) atoms. The third kappa shape index (κ3) is 5.89. The first-order valence-corrected chi connectivity index (χ1v) is 5.96. The maximum absolute atomic E-state index is 11.4. The Labute approximate surface area is 112 Å². The summed E-state index contributed by atoms with van der Waals surface area (Å²) in [6, 6.07) is 0. The maximum Gasteiger partial charge on any atom is 0.413 e. The summed E-state index contributed by atoms with van der Waals surface area (Å²) >= 11 is 0. The van der Waals surface area contributed by atoms with Crippen molar-refractivity contribution in [2.24, 2.45) is 7.05 Å². The van der Waals surface area contributed by atoms with E-state index in [0.29, 0.717) is 0 Å². The minimum Gasteiger partial charge on any atom is -0.475 e. The normalized spacial score (nSPS) is 10.2. The van der Waals surface area contributed by atoms with Gasteiger partial charge in [0.25, 0.3) is 0 Å². The molecule has 0 fully saturated rings. The largest absolute Gasteiger partial charge is 0.475 e. The number of aromatic carboxylic acids is 1. The zero-order valence-corrected chi connectivity index (χ0v) is 12.1. The molecule has 108 valence electrons. The van der Waals surface area contributed by atoms with E-state index in [1.807, 2.05) is 13.8 Å². The van der Waals surface area contributed by atoms with E-state index >= 15 is 0 Å². The van der Waals surface area contributed by atoms with E-state index in [1.54, 1.807) is 20.8 Å². The molecule has 0 bridgehead atoms. The minimum atomic E-state index is -1.16. The number of amides is 1. The number of ether oxygens (including phenoxy) is 1. The average molecular weight is 271 g/mol. The number of carboxylic acids is 1. The number of aromatic nitrogens is 2. The van der Waals surface area contributed by atoms with Crippen LogP contribution in [0.25, 0.3) is 0 Å². The van der Waals surface area contributed by atoms with Gasteiger partial charge in [0, 0.05) is 13.2 Å². The summed E-state index contributed by atoms with van der Waals surface area (Å²) in [5.41, 5.74) is -0.617. The number of hydrogen-bond donors (Lipinski definition) is 2. The van der Waals surface area contributed by atoms with Crippen LogP contribution in [0.2, 0.25) is 0 Å². The SMILES string of the molecule is CC.Cn1cc(NC(=O)OC(C)(C)C)nc1C(=O)O. The first-order chi connectivity index (χ1) is 8.69. The zero-order chi connectivity index (χ0) is 15.2. The second kappa shape index (κ2) is 6.77. The molecule has 1 aromatic heterocycles. The third-order valence-electron chi connectivity index (χ3n) is 1.70. The van der Waals surface area contributed by atoms with Crippen molar-refractivity contribution in [1.29, 1.82) is 0 Å². The van der Waals surface area contributed by atoms with Crippen molar-refractivity contribution in [3.63, 3.8) is 0 Å². The molecule has 0 aliphatic rings. The molecule has 0 aromatic carbocycles. The second-order valence-corrected chi connectivity index (χ2v) is 4.49. The Hall–Kier alpha value is -2.05. The summed E-state index contributed by atoms with van der Waals surface area (Å²) < 4.78 is 6.31. The lowest BCUT2D eigenvalue weighted by Crippen LogP contribution is -2.27. The molecule has 0 aliphatic carbocycles. The van der Waals surface area contributed by atoms with Crippen LogP contribution in [0.3, 0.4) is 0 Å². The highest BCUT2D eigenvalue weighted by Gasteiger charge is 2.18. The van der Waals surface area contributed by atoms with Crippen molar-refractivity contribution in [1.82, 2.24) is 9.55 Å². The van der Waals surface area contributed by atoms with Crippen LogP contribution >= 0.6 is 0 Å². The van der Waals surface area contributed by atoms with Crippen LogP contribution in [0, 0.1) is 0 Å². The molecule has 0 unspecified atom stereocenters. The fourth-order valence-electron chi connectivity index (χ4n) is 1.13. The van der Waals surface area contributed by atoms with Gasteiger partial charge in [-0.1, -0.05) is 13.8 Å². The molecule has 0 radical (unpaired) electrons. The number of hydrogen-bond acceptors (Lipinski definition) is 4. The molecule has 7 nitrogen and oxygen atoms in total. The van der Waals surface area contributed by atoms with Crippen LogP contribution < -0.4 is 5.32 Å². The lowest BCUT2D eigenvalue weighted by Gasteiger charge is -2.18. The quantitative estimate of drug-likeness (QED) is 0.861. The number of carboxylic acid groups (broad SMARTS) is 1. The van der Waals surface area contributed by atoms with Gasteiger partial charge < -0.3 is 14.4 Å². The van der Waals surface area contributed by atoms with E-state index in [4.69, 9.17) is 9.84 Å². The number of nitrogens with one attached hydrogen (secondary N) is 1. The molecule has 0 spiro atoms. The number of carbonyl (C=O) groups is 2. The van der Waals surface area contributed by atoms with Gasteiger partial charge in [0.2, 0.25) is 5.82 Å². The second-order valence-electron chi connectivity index (χ2n) is 4.49. The highest BCUT2D eigenvalue weighted by atomic mass is 16.6. The Morgan fingerprint density at radius 2 is 1.89 bits per heavy atom. The third-order valence-corrected chi connectivity index (χ3v) is 1.70. The molecule has 0 aliphatic heterocycles. The fourth-order valence-corrected chi connectivity index (χ4v) is 1.13. The van der Waals surface area contributed by atoms with Crippen LogP contribution in [0.1, 0.15) is 45.2 Å². The molecule has 7 heteroatoms. The highest BCUT2D eigenvalue weighted by molar-refractivity contribution is 5.87. The summed E-state index contributed by atoms with van der Waals surface area (Å²) in [4.78, 5) is 25.8. The van der Waals surface area contributed by atoms with E-state index in [1.165, 1.54) is 17.8 Å². The first-order valence-electron chi connectivity index (χ1n) is 5.96. The summed E-state index contributed by atoms with van der Waals surface area (Å²) in [5.74, 6) is -1.18. The Kier molecular flexibility index (Phi) is 6.04. The topological polar surface area (TPSA) is 93.5 Å². The zero-order valence-electron chi connectivity index (χ0n) is 12.1. The summed E-state index contributed by atoms with van der Waals surface area (Å²) in [7, 11) is 1.52. The van der Waals surface area contributed by atoms with Gasteiger partial charge in [0.1, 0.15) is 5.60 Å². The van der Waals surface area contributed by atoms with E-state index < -0.39 is 17.7 Å². The summed E-state index contributed by atoms with van der Waals surface area (Å²) in [6.07, 6.45) is 0.723. The number of aryl methyl sites for hydroxylation is 1. The molecule has 1 amide bonds. The van der Waals surface area contributed by atoms with Gasteiger partial charge in [0.15, 0.2) is 5.82 Å². The van der Waals surface area contributed by atoms with E-state index in [2.05, 4.69) is 10.3 Å². The van der Waals surface area contributed by atoms with Crippen molar-refractivity contribution in [3.05, 3.63) is 12.0 Å². The van der Waals surface area contributed by atoms with E-state index in [-0.39, 0.29) is 11.6 Å². The maximum atomic E-state index is 11.4. The van der Waals surface area contributed by atoms with E-state index in [0.717, 1.165) is 0 Å². The van der Waals surface area contributed by atoms with Gasteiger partial charge in [-0.25, -0.2) is 14.6 Å². The monoisotopic (exact) mass is 271 g/mol. The summed E-state index contributed by atoms with van der Waals surface area (Å²) in [6.45, 7) is 9.19. The lowest BCUT2D eigenvalue weighted by molar-refractivity contribution is 0.0631. The van der Waals surface area contributed by atoms with Crippen LogP contribution in [-0.2, 0) is 11.8 Å². The Bertz CT molecular complexity index is 446. The smallest absolute Gasteiger partial charge is 0.413 e. The number of anilines is 1. The molecule has 2 N–H and O–H groups in total. The van der Waals surface area contributed by atoms with Crippen molar-refractivity contribution < 1.29 is 19.4 Å². The van der Waals surface area contributed by atoms with Crippen molar-refractivity contribution in [3.8, 4) is 0 Å². The molecule has 0 saturated carbocycles. The number of rotatable bonds is 2. The predicted molar refractivity (Wildman–Crippen MR) is 71.4 cm³/mol. The average Bonchev–Trinajstić information content (AvgIpc) is 2.59. The van der Waals surface area contributed by atoms with E-state index in [9.17, 15) is 9.59 Å². The molecule has 0 atom stereocenters. The van der Waals surface area contributed by atoms with Gasteiger partial charge >= 0.3 is 12.1 Å². The predicted octanol–water partition coefficient (Wildman–Crippen LogP) is 2.49. The van der Waals surface area contributed by atoms with Crippen molar-refractivity contribution >= 4 is 17.9 Å². The van der Waals surface area contributed by atoms with Crippen LogP contribution in [0.4, 0.5) is 10.6 Å². The van der Waals surface area contributed by atoms with Crippen LogP contribution in [0.15, 0.2) is 6.20 Å². The minimum absolute atomic E-state index is 0.138. The number of nitrogens with zero attached hydrogens (tertiary/aromatic N) is 2. The van der Waals surface area contributed by atoms with Crippen LogP contribution in [0.5, 0.6) is 0 Å². The van der Waals surface area contributed by atoms with Crippen molar-refractivity contribution in [2.45, 2.75) is 40.2 Å². The Morgan fingerprint density at radius 1 is 1.37 bits per heavy atom. The van der Waals surface area contributed by atoms with Gasteiger partial charge in [-0.05, 0) is 20.8 Å². The summed E-state index contributed by atoms with van der Waals surface area (Å²) in [5, 5.41) is 11.1.